The Hall–Kier alpha value is -1.31. The highest BCUT2D eigenvalue weighted by molar-refractivity contribution is 5.78. The van der Waals surface area contributed by atoms with Crippen LogP contribution < -0.4 is 0 Å². The van der Waals surface area contributed by atoms with E-state index in [4.69, 9.17) is 4.74 Å². The minimum absolute atomic E-state index is 0.0898. The Balaban J connectivity index is 1.88. The molecule has 30 heavy (non-hydrogen) atoms. The Morgan fingerprint density at radius 1 is 1.13 bits per heavy atom. The van der Waals surface area contributed by atoms with Crippen LogP contribution in [-0.2, 0) is 14.3 Å². The van der Waals surface area contributed by atoms with Gasteiger partial charge >= 0.3 is 12.1 Å². The lowest BCUT2D eigenvalue weighted by atomic mass is 9.77. The number of hydrogen-bond donors (Lipinski definition) is 0. The second kappa shape index (κ2) is 8.32. The fraction of sp³-hybridized carbons (Fsp3) is 0.909. The van der Waals surface area contributed by atoms with E-state index in [1.54, 1.807) is 27.7 Å². The van der Waals surface area contributed by atoms with Gasteiger partial charge in [-0.05, 0) is 72.1 Å². The van der Waals surface area contributed by atoms with Gasteiger partial charge in [0.2, 0.25) is 5.91 Å². The number of hydrogen-bond acceptors (Lipinski definition) is 4. The quantitative estimate of drug-likeness (QED) is 0.616. The molecule has 5 atom stereocenters. The zero-order valence-corrected chi connectivity index (χ0v) is 18.7. The van der Waals surface area contributed by atoms with Gasteiger partial charge in [-0.25, -0.2) is 0 Å². The predicted molar refractivity (Wildman–Crippen MR) is 107 cm³/mol. The largest absolute Gasteiger partial charge is 0.460 e. The Labute approximate surface area is 177 Å². The van der Waals surface area contributed by atoms with Crippen LogP contribution in [0.2, 0.25) is 0 Å². The van der Waals surface area contributed by atoms with Crippen molar-refractivity contribution in [2.75, 3.05) is 13.1 Å². The number of amides is 1. The van der Waals surface area contributed by atoms with Crippen LogP contribution in [0.4, 0.5) is 13.2 Å². The fourth-order valence-electron chi connectivity index (χ4n) is 5.05. The first-order valence-electron chi connectivity index (χ1n) is 11.1. The molecule has 0 N–H and O–H groups in total. The van der Waals surface area contributed by atoms with E-state index in [9.17, 15) is 22.8 Å². The van der Waals surface area contributed by atoms with Crippen molar-refractivity contribution in [3.05, 3.63) is 0 Å². The molecule has 0 aromatic carbocycles. The van der Waals surface area contributed by atoms with Gasteiger partial charge in [0.05, 0.1) is 11.5 Å². The first-order valence-corrected chi connectivity index (χ1v) is 11.1. The number of nitrogens with zero attached hydrogens (tertiary/aromatic N) is 2. The molecule has 1 amide bonds. The Kier molecular flexibility index (Phi) is 6.48. The van der Waals surface area contributed by atoms with Crippen LogP contribution in [0.25, 0.3) is 0 Å². The second-order valence-corrected chi connectivity index (χ2v) is 10.6. The van der Waals surface area contributed by atoms with E-state index in [1.807, 2.05) is 0 Å². The van der Waals surface area contributed by atoms with Crippen LogP contribution >= 0.6 is 0 Å². The molecule has 2 heterocycles. The zero-order valence-electron chi connectivity index (χ0n) is 18.7. The van der Waals surface area contributed by atoms with Gasteiger partial charge in [0.25, 0.3) is 0 Å². The number of carbonyl (C=O) groups is 2. The third-order valence-electron chi connectivity index (χ3n) is 6.67. The maximum absolute atomic E-state index is 13.0. The maximum Gasteiger partial charge on any atom is 0.397 e. The van der Waals surface area contributed by atoms with Crippen molar-refractivity contribution in [2.45, 2.75) is 97.1 Å². The second-order valence-electron chi connectivity index (χ2n) is 10.6. The van der Waals surface area contributed by atoms with Crippen LogP contribution in [0.3, 0.4) is 0 Å². The smallest absolute Gasteiger partial charge is 0.397 e. The van der Waals surface area contributed by atoms with Crippen LogP contribution in [0.15, 0.2) is 0 Å². The molecule has 0 spiro atoms. The van der Waals surface area contributed by atoms with Gasteiger partial charge in [0.1, 0.15) is 12.5 Å². The van der Waals surface area contributed by atoms with E-state index in [0.29, 0.717) is 18.5 Å². The van der Waals surface area contributed by atoms with Crippen molar-refractivity contribution < 1.29 is 27.5 Å². The number of alkyl halides is 3. The molecule has 3 aliphatic rings. The summed E-state index contributed by atoms with van der Waals surface area (Å²) in [6.07, 6.45) is -2.64. The van der Waals surface area contributed by atoms with E-state index < -0.39 is 42.0 Å². The molecule has 0 aromatic rings. The summed E-state index contributed by atoms with van der Waals surface area (Å²) >= 11 is 0. The van der Waals surface area contributed by atoms with Gasteiger partial charge in [0.15, 0.2) is 0 Å². The number of rotatable bonds is 5. The van der Waals surface area contributed by atoms with E-state index >= 15 is 0 Å². The SMILES string of the molecule is CC(OC(=O)C(C)(C)C)C1C2CC(CC(C)N2CC2CC2)CN1C(=O)CC(F)(F)F. The van der Waals surface area contributed by atoms with Crippen molar-refractivity contribution in [3.63, 3.8) is 0 Å². The van der Waals surface area contributed by atoms with Crippen molar-refractivity contribution >= 4 is 11.9 Å². The molecule has 3 fully saturated rings. The van der Waals surface area contributed by atoms with E-state index in [0.717, 1.165) is 19.4 Å². The standard InChI is InChI=1S/C22H35F3N2O3/c1-13-8-16-9-17(26(13)11-15-6-7-15)19(14(2)30-20(29)21(3,4)5)27(12-16)18(28)10-22(23,24)25/h13-17,19H,6-12H2,1-5H3. The molecule has 172 valence electrons. The molecular formula is C22H35F3N2O3. The average Bonchev–Trinajstić information content (AvgIpc) is 3.39. The lowest BCUT2D eigenvalue weighted by Crippen LogP contribution is -2.68. The lowest BCUT2D eigenvalue weighted by Gasteiger charge is -2.56. The summed E-state index contributed by atoms with van der Waals surface area (Å²) in [7, 11) is 0. The summed E-state index contributed by atoms with van der Waals surface area (Å²) in [5.74, 6) is -0.516. The summed E-state index contributed by atoms with van der Waals surface area (Å²) in [5, 5.41) is 0. The van der Waals surface area contributed by atoms with Gasteiger partial charge in [-0.2, -0.15) is 13.2 Å². The van der Waals surface area contributed by atoms with Crippen molar-refractivity contribution in [3.8, 4) is 0 Å². The Morgan fingerprint density at radius 2 is 1.77 bits per heavy atom. The number of fused-ring (bicyclic) bond motifs is 2. The zero-order chi connectivity index (χ0) is 22.4. The van der Waals surface area contributed by atoms with Crippen molar-refractivity contribution in [1.29, 1.82) is 0 Å². The fourth-order valence-corrected chi connectivity index (χ4v) is 5.05. The van der Waals surface area contributed by atoms with E-state index in [1.165, 1.54) is 17.7 Å². The number of ether oxygens (including phenoxy) is 1. The third kappa shape index (κ3) is 5.48. The van der Waals surface area contributed by atoms with Gasteiger partial charge in [0, 0.05) is 25.2 Å². The highest BCUT2D eigenvalue weighted by atomic mass is 19.4. The molecule has 0 radical (unpaired) electrons. The molecule has 3 rings (SSSR count). The van der Waals surface area contributed by atoms with Crippen molar-refractivity contribution in [1.82, 2.24) is 9.80 Å². The first-order chi connectivity index (χ1) is 13.8. The van der Waals surface area contributed by atoms with Crippen LogP contribution in [-0.4, -0.2) is 65.2 Å². The lowest BCUT2D eigenvalue weighted by molar-refractivity contribution is -0.181. The van der Waals surface area contributed by atoms with Crippen LogP contribution in [0.5, 0.6) is 0 Å². The average molecular weight is 433 g/mol. The molecule has 5 nitrogen and oxygen atoms in total. The monoisotopic (exact) mass is 432 g/mol. The third-order valence-corrected chi connectivity index (χ3v) is 6.67. The molecule has 5 unspecified atom stereocenters. The number of carbonyl (C=O) groups excluding carboxylic acids is 2. The summed E-state index contributed by atoms with van der Waals surface area (Å²) in [6.45, 7) is 10.3. The first kappa shape index (κ1) is 23.4. The molecule has 0 aromatic heterocycles. The maximum atomic E-state index is 13.0. The van der Waals surface area contributed by atoms with Crippen LogP contribution in [0.1, 0.15) is 66.7 Å². The summed E-state index contributed by atoms with van der Waals surface area (Å²) in [4.78, 5) is 29.0. The topological polar surface area (TPSA) is 49.9 Å². The summed E-state index contributed by atoms with van der Waals surface area (Å²) in [5.41, 5.74) is -0.722. The molecule has 1 aliphatic carbocycles. The molecule has 2 saturated heterocycles. The minimum atomic E-state index is -4.56. The Bertz CT molecular complexity index is 657. The normalized spacial score (nSPS) is 31.4. The van der Waals surface area contributed by atoms with E-state index in [2.05, 4.69) is 11.8 Å². The molecule has 2 bridgehead atoms. The van der Waals surface area contributed by atoms with Gasteiger partial charge in [-0.15, -0.1) is 0 Å². The predicted octanol–water partition coefficient (Wildman–Crippen LogP) is 4.01. The molecule has 1 saturated carbocycles. The minimum Gasteiger partial charge on any atom is -0.460 e. The molecule has 8 heteroatoms. The number of piperidine rings is 2. The van der Waals surface area contributed by atoms with Crippen LogP contribution in [0, 0.1) is 17.3 Å². The highest BCUT2D eigenvalue weighted by Gasteiger charge is 2.51. The van der Waals surface area contributed by atoms with E-state index in [-0.39, 0.29) is 12.0 Å². The highest BCUT2D eigenvalue weighted by Crippen LogP contribution is 2.41. The van der Waals surface area contributed by atoms with Crippen molar-refractivity contribution in [2.24, 2.45) is 17.3 Å². The number of halogens is 3. The molecular weight excluding hydrogens is 397 g/mol. The van der Waals surface area contributed by atoms with Gasteiger partial charge in [-0.1, -0.05) is 0 Å². The van der Waals surface area contributed by atoms with Gasteiger partial charge < -0.3 is 9.64 Å². The number of likely N-dealkylation sites (tertiary alicyclic amines) is 2. The van der Waals surface area contributed by atoms with Gasteiger partial charge in [-0.3, -0.25) is 14.5 Å². The molecule has 2 aliphatic heterocycles. The summed E-state index contributed by atoms with van der Waals surface area (Å²) < 4.78 is 44.8. The Morgan fingerprint density at radius 3 is 2.30 bits per heavy atom. The summed E-state index contributed by atoms with van der Waals surface area (Å²) in [6, 6.07) is -0.348. The number of esters is 1.